The minimum Gasteiger partial charge on any atom is -0.337 e. The molecular weight excluding hydrogens is 502 g/mol. The van der Waals surface area contributed by atoms with E-state index in [4.69, 9.17) is 4.98 Å². The Labute approximate surface area is 224 Å². The summed E-state index contributed by atoms with van der Waals surface area (Å²) in [6.45, 7) is 5.69. The third-order valence-electron chi connectivity index (χ3n) is 6.84. The predicted molar refractivity (Wildman–Crippen MR) is 150 cm³/mol. The highest BCUT2D eigenvalue weighted by Gasteiger charge is 2.27. The predicted octanol–water partition coefficient (Wildman–Crippen LogP) is 3.50. The van der Waals surface area contributed by atoms with Gasteiger partial charge in [-0.15, -0.1) is 0 Å². The average Bonchev–Trinajstić information content (AvgIpc) is 3.08. The van der Waals surface area contributed by atoms with Crippen LogP contribution in [0, 0.1) is 0 Å². The smallest absolute Gasteiger partial charge is 0.257 e. The maximum absolute atomic E-state index is 13.1. The number of sulfone groups is 1. The van der Waals surface area contributed by atoms with Crippen LogP contribution in [0.1, 0.15) is 41.2 Å². The molecule has 0 aliphatic carbocycles. The van der Waals surface area contributed by atoms with Crippen LogP contribution in [-0.4, -0.2) is 78.3 Å². The Hall–Kier alpha value is -3.50. The van der Waals surface area contributed by atoms with Crippen molar-refractivity contribution in [3.8, 4) is 0 Å². The normalized spacial score (nSPS) is 16.4. The van der Waals surface area contributed by atoms with Gasteiger partial charge < -0.3 is 14.4 Å². The molecule has 4 rings (SSSR count). The molecule has 1 atom stereocenters. The van der Waals surface area contributed by atoms with E-state index in [1.54, 1.807) is 17.0 Å². The molecule has 2 amide bonds. The molecule has 0 spiro atoms. The lowest BCUT2D eigenvalue weighted by Crippen LogP contribution is -2.34. The van der Waals surface area contributed by atoms with E-state index in [0.29, 0.717) is 37.7 Å². The van der Waals surface area contributed by atoms with E-state index in [-0.39, 0.29) is 23.6 Å². The first-order valence-corrected chi connectivity index (χ1v) is 14.9. The van der Waals surface area contributed by atoms with E-state index in [0.717, 1.165) is 35.9 Å². The summed E-state index contributed by atoms with van der Waals surface area (Å²) in [6, 6.07) is 14.7. The van der Waals surface area contributed by atoms with Crippen LogP contribution >= 0.6 is 0 Å². The zero-order valence-electron chi connectivity index (χ0n) is 22.0. The second kappa shape index (κ2) is 11.9. The van der Waals surface area contributed by atoms with Crippen molar-refractivity contribution < 1.29 is 18.0 Å². The highest BCUT2D eigenvalue weighted by atomic mass is 32.2. The van der Waals surface area contributed by atoms with Crippen molar-refractivity contribution in [1.82, 2.24) is 19.4 Å². The largest absolute Gasteiger partial charge is 0.337 e. The van der Waals surface area contributed by atoms with Gasteiger partial charge in [0.05, 0.1) is 22.8 Å². The monoisotopic (exact) mass is 537 g/mol. The lowest BCUT2D eigenvalue weighted by Gasteiger charge is -2.27. The topological polar surface area (TPSA) is 105 Å². The fraction of sp³-hybridized carbons (Fsp3) is 0.393. The summed E-state index contributed by atoms with van der Waals surface area (Å²) in [4.78, 5) is 34.3. The summed E-state index contributed by atoms with van der Waals surface area (Å²) in [5.41, 5.74) is 3.10. The fourth-order valence-corrected chi connectivity index (χ4v) is 5.55. The molecule has 1 fully saturated rings. The number of anilines is 1. The number of benzene rings is 2. The lowest BCUT2D eigenvalue weighted by molar-refractivity contribution is -0.126. The number of nitrogens with one attached hydrogen (secondary N) is 1. The Morgan fingerprint density at radius 1 is 1.16 bits per heavy atom. The number of aromatic nitrogens is 2. The first-order chi connectivity index (χ1) is 18.2. The quantitative estimate of drug-likeness (QED) is 0.419. The van der Waals surface area contributed by atoms with Gasteiger partial charge in [0.2, 0.25) is 11.9 Å². The number of likely N-dealkylation sites (tertiary alicyclic amines) is 1. The number of nitrogens with zero attached hydrogens (tertiary/aromatic N) is 4. The van der Waals surface area contributed by atoms with Crippen molar-refractivity contribution in [3.63, 3.8) is 0 Å². The average molecular weight is 538 g/mol. The lowest BCUT2D eigenvalue weighted by atomic mass is 10.1. The number of imidazole rings is 1. The number of hydrogen-bond acceptors (Lipinski definition) is 6. The number of fused-ring (bicyclic) bond motifs is 1. The Morgan fingerprint density at radius 3 is 2.63 bits per heavy atom. The molecule has 10 heteroatoms. The Bertz CT molecular complexity index is 1420. The standard InChI is InChI=1S/C28H35N5O4S/c1-4-25(34)32-16-9-8-14-23(20-32)33-26-22(19-31(2)17-18-38(3,36)37)13-10-15-24(26)29-28(33)30-27(35)21-11-6-5-7-12-21/h4-7,10-13,15,23H,1,8-9,14,16-20H2,2-3H3,(H,29,30,35). The van der Waals surface area contributed by atoms with Crippen molar-refractivity contribution in [2.45, 2.75) is 31.8 Å². The number of hydrogen-bond donors (Lipinski definition) is 1. The van der Waals surface area contributed by atoms with Gasteiger partial charge in [-0.2, -0.15) is 0 Å². The van der Waals surface area contributed by atoms with Crippen molar-refractivity contribution in [2.75, 3.05) is 44.0 Å². The molecule has 3 aromatic rings. The van der Waals surface area contributed by atoms with Gasteiger partial charge >= 0.3 is 0 Å². The summed E-state index contributed by atoms with van der Waals surface area (Å²) >= 11 is 0. The Kier molecular flexibility index (Phi) is 8.63. The number of carbonyl (C=O) groups is 2. The maximum Gasteiger partial charge on any atom is 0.257 e. The Balaban J connectivity index is 1.77. The number of para-hydroxylation sites is 1. The highest BCUT2D eigenvalue weighted by Crippen LogP contribution is 2.33. The number of rotatable bonds is 9. The van der Waals surface area contributed by atoms with Crippen LogP contribution in [0.4, 0.5) is 5.95 Å². The molecule has 1 aliphatic heterocycles. The van der Waals surface area contributed by atoms with Gasteiger partial charge in [0.1, 0.15) is 9.84 Å². The van der Waals surface area contributed by atoms with Crippen LogP contribution in [-0.2, 0) is 21.2 Å². The summed E-state index contributed by atoms with van der Waals surface area (Å²) in [7, 11) is -1.20. The van der Waals surface area contributed by atoms with E-state index < -0.39 is 9.84 Å². The molecule has 1 unspecified atom stereocenters. The molecule has 1 N–H and O–H groups in total. The van der Waals surface area contributed by atoms with Crippen LogP contribution in [0.2, 0.25) is 0 Å². The van der Waals surface area contributed by atoms with Crippen molar-refractivity contribution in [2.24, 2.45) is 0 Å². The molecule has 0 radical (unpaired) electrons. The summed E-state index contributed by atoms with van der Waals surface area (Å²) in [6.07, 6.45) is 5.21. The molecule has 38 heavy (non-hydrogen) atoms. The van der Waals surface area contributed by atoms with Gasteiger partial charge in [-0.3, -0.25) is 14.9 Å². The van der Waals surface area contributed by atoms with Gasteiger partial charge in [0, 0.05) is 38.0 Å². The van der Waals surface area contributed by atoms with Gasteiger partial charge in [-0.25, -0.2) is 13.4 Å². The molecular formula is C28H35N5O4S. The van der Waals surface area contributed by atoms with Crippen LogP contribution in [0.25, 0.3) is 11.0 Å². The first-order valence-electron chi connectivity index (χ1n) is 12.8. The van der Waals surface area contributed by atoms with E-state index in [1.807, 2.05) is 48.3 Å². The van der Waals surface area contributed by atoms with Gasteiger partial charge in [0.25, 0.3) is 5.91 Å². The molecule has 1 aliphatic rings. The summed E-state index contributed by atoms with van der Waals surface area (Å²) < 4.78 is 25.5. The zero-order chi connectivity index (χ0) is 27.3. The summed E-state index contributed by atoms with van der Waals surface area (Å²) in [5.74, 6) is 0.120. The van der Waals surface area contributed by atoms with E-state index in [2.05, 4.69) is 16.5 Å². The van der Waals surface area contributed by atoms with E-state index in [1.165, 1.54) is 12.3 Å². The van der Waals surface area contributed by atoms with Crippen LogP contribution in [0.15, 0.2) is 61.2 Å². The molecule has 202 valence electrons. The molecule has 9 nitrogen and oxygen atoms in total. The Morgan fingerprint density at radius 2 is 1.92 bits per heavy atom. The molecule has 1 saturated heterocycles. The molecule has 0 bridgehead atoms. The zero-order valence-corrected chi connectivity index (χ0v) is 22.8. The van der Waals surface area contributed by atoms with E-state index in [9.17, 15) is 18.0 Å². The van der Waals surface area contributed by atoms with Crippen molar-refractivity contribution in [3.05, 3.63) is 72.3 Å². The second-order valence-electron chi connectivity index (χ2n) is 9.92. The SMILES string of the molecule is C=CC(=O)N1CCCCC(n2c(NC(=O)c3ccccc3)nc3cccc(CN(C)CCS(C)(=O)=O)c32)C1. The van der Waals surface area contributed by atoms with Crippen LogP contribution < -0.4 is 5.32 Å². The highest BCUT2D eigenvalue weighted by molar-refractivity contribution is 7.90. The first kappa shape index (κ1) is 27.5. The third kappa shape index (κ3) is 6.68. The minimum atomic E-state index is -3.09. The van der Waals surface area contributed by atoms with Gasteiger partial charge in [0.15, 0.2) is 0 Å². The molecule has 1 aromatic heterocycles. The second-order valence-corrected chi connectivity index (χ2v) is 12.2. The van der Waals surface area contributed by atoms with Crippen LogP contribution in [0.5, 0.6) is 0 Å². The van der Waals surface area contributed by atoms with Gasteiger partial charge in [-0.05, 0) is 56.1 Å². The third-order valence-corrected chi connectivity index (χ3v) is 7.76. The number of amides is 2. The van der Waals surface area contributed by atoms with Crippen molar-refractivity contribution >= 4 is 38.6 Å². The van der Waals surface area contributed by atoms with Gasteiger partial charge in [-0.1, -0.05) is 36.9 Å². The minimum absolute atomic E-state index is 0.0678. The summed E-state index contributed by atoms with van der Waals surface area (Å²) in [5, 5.41) is 3.01. The van der Waals surface area contributed by atoms with Crippen molar-refractivity contribution in [1.29, 1.82) is 0 Å². The number of carbonyl (C=O) groups excluding carboxylic acids is 2. The molecule has 2 heterocycles. The van der Waals surface area contributed by atoms with E-state index >= 15 is 0 Å². The fourth-order valence-electron chi connectivity index (χ4n) is 4.91. The molecule has 2 aromatic carbocycles. The maximum atomic E-state index is 13.1. The van der Waals surface area contributed by atoms with Crippen LogP contribution in [0.3, 0.4) is 0 Å². The molecule has 0 saturated carbocycles.